The molecule has 1 aromatic rings. The van der Waals surface area contributed by atoms with Gasteiger partial charge in [0, 0.05) is 18.9 Å². The second-order valence-electron chi connectivity index (χ2n) is 4.08. The molecule has 0 aliphatic carbocycles. The fraction of sp³-hybridized carbons (Fsp3) is 0.385. The molecule has 0 atom stereocenters. The molecule has 98 valence electrons. The van der Waals surface area contributed by atoms with Crippen LogP contribution in [-0.2, 0) is 4.79 Å². The van der Waals surface area contributed by atoms with E-state index < -0.39 is 5.97 Å². The Bertz CT molecular complexity index is 439. The van der Waals surface area contributed by atoms with E-state index >= 15 is 0 Å². The van der Waals surface area contributed by atoms with Crippen LogP contribution in [0.15, 0.2) is 18.2 Å². The maximum absolute atomic E-state index is 11.7. The van der Waals surface area contributed by atoms with E-state index in [1.807, 2.05) is 0 Å². The second-order valence-corrected chi connectivity index (χ2v) is 4.08. The van der Waals surface area contributed by atoms with Gasteiger partial charge in [-0.1, -0.05) is 6.42 Å². The number of phenolic OH excluding ortho intramolecular Hbond substituents is 2. The summed E-state index contributed by atoms with van der Waals surface area (Å²) in [7, 11) is 0. The molecule has 0 fully saturated rings. The van der Waals surface area contributed by atoms with Crippen molar-refractivity contribution >= 4 is 11.8 Å². The number of carbonyl (C=O) groups excluding carboxylic acids is 1. The number of carbonyl (C=O) groups is 2. The largest absolute Gasteiger partial charge is 0.508 e. The fourth-order valence-corrected chi connectivity index (χ4v) is 1.63. The summed E-state index contributed by atoms with van der Waals surface area (Å²) >= 11 is 0. The minimum absolute atomic E-state index is 0.0921. The van der Waals surface area contributed by atoms with Crippen molar-refractivity contribution in [1.29, 1.82) is 0 Å². The lowest BCUT2D eigenvalue weighted by molar-refractivity contribution is -0.137. The zero-order valence-corrected chi connectivity index (χ0v) is 9.93. The minimum atomic E-state index is -0.836. The molecule has 5 heteroatoms. The van der Waals surface area contributed by atoms with Crippen LogP contribution in [0.3, 0.4) is 0 Å². The summed E-state index contributed by atoms with van der Waals surface area (Å²) in [4.78, 5) is 22.0. The summed E-state index contributed by atoms with van der Waals surface area (Å²) in [6.45, 7) is 0. The van der Waals surface area contributed by atoms with Crippen molar-refractivity contribution in [2.24, 2.45) is 0 Å². The van der Waals surface area contributed by atoms with Gasteiger partial charge in [-0.05, 0) is 25.0 Å². The van der Waals surface area contributed by atoms with Gasteiger partial charge in [0.15, 0.2) is 5.78 Å². The molecule has 0 amide bonds. The Hall–Kier alpha value is -2.04. The van der Waals surface area contributed by atoms with Gasteiger partial charge in [-0.2, -0.15) is 0 Å². The molecule has 1 aromatic carbocycles. The Kier molecular flexibility index (Phi) is 5.17. The van der Waals surface area contributed by atoms with Gasteiger partial charge >= 0.3 is 5.97 Å². The van der Waals surface area contributed by atoms with Crippen molar-refractivity contribution in [3.8, 4) is 11.5 Å². The number of ketones is 1. The van der Waals surface area contributed by atoms with Crippen molar-refractivity contribution in [1.82, 2.24) is 0 Å². The summed E-state index contributed by atoms with van der Waals surface area (Å²) < 4.78 is 0. The second kappa shape index (κ2) is 6.64. The predicted octanol–water partition coefficient (Wildman–Crippen LogP) is 2.32. The lowest BCUT2D eigenvalue weighted by Gasteiger charge is -2.04. The number of benzene rings is 1. The molecule has 0 aliphatic rings. The van der Waals surface area contributed by atoms with Crippen LogP contribution >= 0.6 is 0 Å². The van der Waals surface area contributed by atoms with Crippen molar-refractivity contribution in [2.75, 3.05) is 0 Å². The molecule has 1 rings (SSSR count). The number of aromatic hydroxyl groups is 2. The van der Waals surface area contributed by atoms with Crippen molar-refractivity contribution in [3.05, 3.63) is 23.8 Å². The number of hydrogen-bond donors (Lipinski definition) is 3. The van der Waals surface area contributed by atoms with E-state index in [4.69, 9.17) is 10.2 Å². The molecule has 0 radical (unpaired) electrons. The molecule has 0 aromatic heterocycles. The van der Waals surface area contributed by atoms with Crippen LogP contribution in [0.2, 0.25) is 0 Å². The molecule has 0 bridgehead atoms. The number of hydrogen-bond acceptors (Lipinski definition) is 4. The number of rotatable bonds is 7. The number of carboxylic acid groups (broad SMARTS) is 1. The maximum Gasteiger partial charge on any atom is 0.303 e. The number of phenols is 2. The van der Waals surface area contributed by atoms with Crippen LogP contribution in [0, 0.1) is 0 Å². The molecule has 0 unspecified atom stereocenters. The molecule has 0 spiro atoms. The zero-order chi connectivity index (χ0) is 13.5. The highest BCUT2D eigenvalue weighted by Crippen LogP contribution is 2.24. The highest BCUT2D eigenvalue weighted by molar-refractivity contribution is 5.98. The number of Topliss-reactive ketones (excluding diaryl/α,β-unsaturated/α-hetero) is 1. The van der Waals surface area contributed by atoms with Crippen LogP contribution in [0.25, 0.3) is 0 Å². The van der Waals surface area contributed by atoms with Crippen LogP contribution in [0.1, 0.15) is 42.5 Å². The number of carboxylic acids is 1. The van der Waals surface area contributed by atoms with Gasteiger partial charge in [-0.25, -0.2) is 0 Å². The molecule has 3 N–H and O–H groups in total. The molecular formula is C13H16O5. The Morgan fingerprint density at radius 1 is 1.00 bits per heavy atom. The average Bonchev–Trinajstić information content (AvgIpc) is 2.27. The maximum atomic E-state index is 11.7. The first kappa shape index (κ1) is 14.0. The molecule has 0 saturated heterocycles. The Morgan fingerprint density at radius 3 is 2.28 bits per heavy atom. The Labute approximate surface area is 105 Å². The lowest BCUT2D eigenvalue weighted by atomic mass is 10.0. The van der Waals surface area contributed by atoms with E-state index in [-0.39, 0.29) is 35.7 Å². The smallest absolute Gasteiger partial charge is 0.303 e. The van der Waals surface area contributed by atoms with Gasteiger partial charge in [0.2, 0.25) is 0 Å². The highest BCUT2D eigenvalue weighted by Gasteiger charge is 2.11. The quantitative estimate of drug-likeness (QED) is 0.511. The molecule has 5 nitrogen and oxygen atoms in total. The summed E-state index contributed by atoms with van der Waals surface area (Å²) in [5, 5.41) is 27.0. The first-order valence-electron chi connectivity index (χ1n) is 5.77. The van der Waals surface area contributed by atoms with E-state index in [2.05, 4.69) is 0 Å². The summed E-state index contributed by atoms with van der Waals surface area (Å²) in [5.41, 5.74) is 0.186. The van der Waals surface area contributed by atoms with Gasteiger partial charge < -0.3 is 15.3 Å². The van der Waals surface area contributed by atoms with Crippen LogP contribution in [-0.4, -0.2) is 27.1 Å². The van der Waals surface area contributed by atoms with Gasteiger partial charge in [0.1, 0.15) is 11.5 Å². The third-order valence-electron chi connectivity index (χ3n) is 2.58. The van der Waals surface area contributed by atoms with Crippen molar-refractivity contribution in [2.45, 2.75) is 32.1 Å². The summed E-state index contributed by atoms with van der Waals surface area (Å²) in [6.07, 6.45) is 2.17. The minimum Gasteiger partial charge on any atom is -0.508 e. The molecule has 0 aliphatic heterocycles. The summed E-state index contributed by atoms with van der Waals surface area (Å²) in [6, 6.07) is 3.85. The lowest BCUT2D eigenvalue weighted by Crippen LogP contribution is -2.00. The molecular weight excluding hydrogens is 236 g/mol. The normalized spacial score (nSPS) is 10.2. The highest BCUT2D eigenvalue weighted by atomic mass is 16.4. The van der Waals surface area contributed by atoms with E-state index in [9.17, 15) is 14.7 Å². The summed E-state index contributed by atoms with van der Waals surface area (Å²) in [5.74, 6) is -1.36. The fourth-order valence-electron chi connectivity index (χ4n) is 1.63. The van der Waals surface area contributed by atoms with Crippen molar-refractivity contribution < 1.29 is 24.9 Å². The molecule has 0 heterocycles. The average molecular weight is 252 g/mol. The monoisotopic (exact) mass is 252 g/mol. The number of aliphatic carboxylic acids is 1. The number of unbranched alkanes of at least 4 members (excludes halogenated alkanes) is 2. The van der Waals surface area contributed by atoms with Gasteiger partial charge in [-0.3, -0.25) is 9.59 Å². The topological polar surface area (TPSA) is 94.8 Å². The molecule has 18 heavy (non-hydrogen) atoms. The standard InChI is InChI=1S/C13H16O5/c14-9-6-7-10(12(16)8-9)11(15)4-2-1-3-5-13(17)18/h6-8,14,16H,1-5H2,(H,17,18). The third kappa shape index (κ3) is 4.45. The van der Waals surface area contributed by atoms with Gasteiger partial charge in [0.25, 0.3) is 0 Å². The SMILES string of the molecule is O=C(O)CCCCCC(=O)c1ccc(O)cc1O. The van der Waals surface area contributed by atoms with E-state index in [1.54, 1.807) is 0 Å². The van der Waals surface area contributed by atoms with Crippen LogP contribution in [0.4, 0.5) is 0 Å². The third-order valence-corrected chi connectivity index (χ3v) is 2.58. The zero-order valence-electron chi connectivity index (χ0n) is 9.93. The van der Waals surface area contributed by atoms with E-state index in [0.717, 1.165) is 6.07 Å². The van der Waals surface area contributed by atoms with E-state index in [0.29, 0.717) is 19.3 Å². The first-order valence-corrected chi connectivity index (χ1v) is 5.77. The first-order chi connectivity index (χ1) is 8.50. The van der Waals surface area contributed by atoms with Crippen LogP contribution in [0.5, 0.6) is 11.5 Å². The van der Waals surface area contributed by atoms with Gasteiger partial charge in [-0.15, -0.1) is 0 Å². The van der Waals surface area contributed by atoms with Crippen molar-refractivity contribution in [3.63, 3.8) is 0 Å². The van der Waals surface area contributed by atoms with E-state index in [1.165, 1.54) is 12.1 Å². The van der Waals surface area contributed by atoms with Gasteiger partial charge in [0.05, 0.1) is 5.56 Å². The Balaban J connectivity index is 2.39. The predicted molar refractivity (Wildman–Crippen MR) is 64.8 cm³/mol. The molecule has 0 saturated carbocycles. The Morgan fingerprint density at radius 2 is 1.67 bits per heavy atom. The van der Waals surface area contributed by atoms with Crippen LogP contribution < -0.4 is 0 Å².